The van der Waals surface area contributed by atoms with E-state index in [0.29, 0.717) is 0 Å². The minimum atomic E-state index is -5.42. The topological polar surface area (TPSA) is 752 Å². The number of ether oxygens (including phenoxy) is 15. The smallest absolute Gasteiger partial charge is 0.394 e. The highest BCUT2D eigenvalue weighted by Gasteiger charge is 2.61. The second-order valence-corrected chi connectivity index (χ2v) is 27.6. The SMILES string of the molecule is CC(=O)N[C@@H]1[C@@H](O)[C@H](O[C@@H]2O[C@H](CO)[C@@H](O[C@@H]3O[C@H](CO[C@H]4O[C@H](CO)[C@@H](O)[C@H](O)[C@@H]4O[C@@H]4O[C@H](CO)[C@@H](O)[C@H](O)[C@H]4NC(C)=O)[C@@H](O)[C@H](O[C@H]4O[C@H](CO)[C@@H](O)[C@H](O)[C@@H]4O[C@@H]4O[C@H](CO)[C@@H](O[C@@H]5O[C@H](CO)[C@H](OS(=O)(=O)O)[C@H](O)[C@H]5NC(C)=O)[C@H](O)[C@H]4NC(C)=O)[C@@H]3O)[C@H](O)[C@H]2NC(C)=O)[C@@H](CO)O[C@H]1O. The number of aliphatic hydroxyl groups is 20. The van der Waals surface area contributed by atoms with Crippen LogP contribution in [0.2, 0.25) is 0 Å². The molecule has 8 aliphatic rings. The second kappa shape index (κ2) is 38.8. The highest BCUT2D eigenvalue weighted by Crippen LogP contribution is 2.39. The molecule has 8 heterocycles. The Morgan fingerprint density at radius 3 is 0.954 bits per heavy atom. The zero-order chi connectivity index (χ0) is 80.0. The van der Waals surface area contributed by atoms with E-state index in [0.717, 1.165) is 34.6 Å². The standard InChI is InChI=1S/C58H97N5O44S/c1-14(71)59-27-37(81)44(22(9-67)93-51(27)88)101-53-29(61-16(3)73)39(83)46(24(11-69)97-53)103-56-43(87)48(35(79)26(100-56)13-92-57-49(41(85)33(77)20(7-65)95-57)105-52-28(60-15(2)72)36(80)32(76)19(6-64)94-52)104-58-50(42(86)34(78)21(8-66)96-58)106-55-30(62-17(4)74)38(82)45(23(10-68)98-55)102-54-31(63-18(5)75)40(84)47(25(12-70)99-54)107-108(89,90)91/h19-58,64-70,76-88H,6-13H2,1-5H3,(H,59,71)(H,60,72)(H,61,73)(H,62,74)(H,63,75)(H,89,90,91)/t19-,20-,21-,22-,23-,24-,25-,26-,27-,28-,29-,30-,31-,32-,33-,34-,35-,36-,37-,38-,39-,40-,41+,42+,43+,44-,45-,46-,47+,48+,49+,50+,51-,52+,53+,54+,55+,56+,57+,58-/m1/s1. The number of hydrogen-bond acceptors (Lipinski definition) is 43. The van der Waals surface area contributed by atoms with E-state index in [9.17, 15) is 139 Å². The molecule has 8 aliphatic heterocycles. The van der Waals surface area contributed by atoms with Crippen molar-refractivity contribution >= 4 is 39.9 Å². The largest absolute Gasteiger partial charge is 0.397 e. The zero-order valence-electron chi connectivity index (χ0n) is 57.9. The molecule has 624 valence electrons. The van der Waals surface area contributed by atoms with Gasteiger partial charge < -0.3 is 200 Å². The highest BCUT2D eigenvalue weighted by molar-refractivity contribution is 7.80. The molecular formula is C58H97N5O44S. The molecule has 108 heavy (non-hydrogen) atoms. The van der Waals surface area contributed by atoms with Crippen molar-refractivity contribution in [2.45, 2.75) is 280 Å². The third-order valence-corrected chi connectivity index (χ3v) is 19.3. The van der Waals surface area contributed by atoms with Crippen LogP contribution < -0.4 is 26.6 Å². The van der Waals surface area contributed by atoms with Gasteiger partial charge in [0.15, 0.2) is 50.3 Å². The average molecular weight is 1600 g/mol. The van der Waals surface area contributed by atoms with Gasteiger partial charge in [0.05, 0.1) is 52.9 Å². The third-order valence-electron chi connectivity index (χ3n) is 18.9. The maximum absolute atomic E-state index is 13.0. The minimum Gasteiger partial charge on any atom is -0.394 e. The van der Waals surface area contributed by atoms with Gasteiger partial charge in [-0.3, -0.25) is 28.5 Å². The van der Waals surface area contributed by atoms with Crippen LogP contribution in [-0.2, 0) is 110 Å². The fourth-order valence-corrected chi connectivity index (χ4v) is 14.1. The molecule has 0 aliphatic carbocycles. The number of amides is 5. The van der Waals surface area contributed by atoms with E-state index in [1.54, 1.807) is 0 Å². The average Bonchev–Trinajstić information content (AvgIpc) is 0.763. The van der Waals surface area contributed by atoms with Gasteiger partial charge in [-0.25, -0.2) is 4.18 Å². The van der Waals surface area contributed by atoms with Gasteiger partial charge >= 0.3 is 10.4 Å². The van der Waals surface area contributed by atoms with Crippen LogP contribution in [0, 0.1) is 0 Å². The molecule has 8 saturated heterocycles. The first-order valence-corrected chi connectivity index (χ1v) is 35.1. The van der Waals surface area contributed by atoms with Crippen LogP contribution in [0.15, 0.2) is 0 Å². The molecule has 0 unspecified atom stereocenters. The predicted molar refractivity (Wildman–Crippen MR) is 333 cm³/mol. The molecule has 26 N–H and O–H groups in total. The second-order valence-electron chi connectivity index (χ2n) is 26.6. The van der Waals surface area contributed by atoms with Gasteiger partial charge in [-0.2, -0.15) is 8.42 Å². The molecule has 5 amide bonds. The van der Waals surface area contributed by atoms with Crippen LogP contribution in [-0.4, -0.2) is 443 Å². The van der Waals surface area contributed by atoms with Gasteiger partial charge in [-0.15, -0.1) is 0 Å². The van der Waals surface area contributed by atoms with Crippen LogP contribution in [0.5, 0.6) is 0 Å². The lowest BCUT2D eigenvalue weighted by Gasteiger charge is -2.51. The van der Waals surface area contributed by atoms with Gasteiger partial charge in [-0.05, 0) is 0 Å². The Kier molecular flexibility index (Phi) is 32.1. The van der Waals surface area contributed by atoms with Crippen LogP contribution in [0.25, 0.3) is 0 Å². The summed E-state index contributed by atoms with van der Waals surface area (Å²) >= 11 is 0. The Labute approximate surface area is 612 Å². The number of aliphatic hydroxyl groups excluding tert-OH is 20. The molecule has 49 nitrogen and oxygen atoms in total. The summed E-state index contributed by atoms with van der Waals surface area (Å²) in [4.78, 5) is 62.9. The maximum Gasteiger partial charge on any atom is 0.397 e. The van der Waals surface area contributed by atoms with Gasteiger partial charge in [0.2, 0.25) is 29.5 Å². The van der Waals surface area contributed by atoms with Crippen molar-refractivity contribution in [3.63, 3.8) is 0 Å². The number of nitrogens with one attached hydrogen (secondary N) is 5. The molecule has 0 saturated carbocycles. The normalized spacial score (nSPS) is 46.1. The third kappa shape index (κ3) is 20.7. The Hall–Kier alpha value is -4.18. The van der Waals surface area contributed by atoms with Gasteiger partial charge in [0.1, 0.15) is 195 Å². The summed E-state index contributed by atoms with van der Waals surface area (Å²) in [7, 11) is -5.42. The fraction of sp³-hybridized carbons (Fsp3) is 0.914. The highest BCUT2D eigenvalue weighted by atomic mass is 32.3. The van der Waals surface area contributed by atoms with Crippen molar-refractivity contribution in [1.29, 1.82) is 0 Å². The van der Waals surface area contributed by atoms with E-state index in [-0.39, 0.29) is 0 Å². The van der Waals surface area contributed by atoms with Crippen molar-refractivity contribution in [2.75, 3.05) is 52.9 Å². The van der Waals surface area contributed by atoms with E-state index in [4.69, 9.17) is 71.1 Å². The van der Waals surface area contributed by atoms with Gasteiger partial charge in [0.25, 0.3) is 0 Å². The van der Waals surface area contributed by atoms with E-state index in [1.165, 1.54) is 0 Å². The Balaban J connectivity index is 1.15. The molecular weight excluding hydrogens is 1500 g/mol. The van der Waals surface area contributed by atoms with Crippen LogP contribution in [0.1, 0.15) is 34.6 Å². The van der Waals surface area contributed by atoms with Crippen LogP contribution >= 0.6 is 0 Å². The molecule has 8 rings (SSSR count). The maximum atomic E-state index is 13.0. The molecule has 0 aromatic carbocycles. The van der Waals surface area contributed by atoms with Gasteiger partial charge in [-0.1, -0.05) is 0 Å². The van der Waals surface area contributed by atoms with E-state index >= 15 is 0 Å². The lowest BCUT2D eigenvalue weighted by molar-refractivity contribution is -0.397. The fourth-order valence-electron chi connectivity index (χ4n) is 13.6. The lowest BCUT2D eigenvalue weighted by atomic mass is 9.93. The summed E-state index contributed by atoms with van der Waals surface area (Å²) in [5.74, 6) is -4.51. The number of rotatable bonds is 29. The first-order chi connectivity index (χ1) is 50.8. The van der Waals surface area contributed by atoms with Crippen LogP contribution in [0.3, 0.4) is 0 Å². The molecule has 0 radical (unpaired) electrons. The Morgan fingerprint density at radius 2 is 0.565 bits per heavy atom. The van der Waals surface area contributed by atoms with E-state index in [2.05, 4.69) is 30.8 Å². The monoisotopic (exact) mass is 1600 g/mol. The van der Waals surface area contributed by atoms with Crippen molar-refractivity contribution in [1.82, 2.24) is 26.6 Å². The first-order valence-electron chi connectivity index (χ1n) is 33.8. The molecule has 0 spiro atoms. The summed E-state index contributed by atoms with van der Waals surface area (Å²) in [6.07, 6.45) is -73.8. The van der Waals surface area contributed by atoms with Crippen molar-refractivity contribution in [2.24, 2.45) is 0 Å². The summed E-state index contributed by atoms with van der Waals surface area (Å²) in [5, 5.41) is 236. The van der Waals surface area contributed by atoms with Crippen LogP contribution in [0.4, 0.5) is 0 Å². The molecule has 0 aromatic heterocycles. The summed E-state index contributed by atoms with van der Waals surface area (Å²) < 4.78 is 127. The number of hydrogen-bond donors (Lipinski definition) is 26. The van der Waals surface area contributed by atoms with E-state index in [1.807, 2.05) is 0 Å². The Morgan fingerprint density at radius 1 is 0.287 bits per heavy atom. The summed E-state index contributed by atoms with van der Waals surface area (Å²) in [6, 6.07) is -9.24. The van der Waals surface area contributed by atoms with Crippen molar-refractivity contribution in [3.05, 3.63) is 0 Å². The summed E-state index contributed by atoms with van der Waals surface area (Å²) in [5.41, 5.74) is 0. The minimum absolute atomic E-state index is 0.785. The molecule has 8 fully saturated rings. The first kappa shape index (κ1) is 89.4. The lowest BCUT2D eigenvalue weighted by Crippen LogP contribution is -2.71. The quantitative estimate of drug-likeness (QED) is 0.0309. The molecule has 0 aromatic rings. The Bertz CT molecular complexity index is 3040. The van der Waals surface area contributed by atoms with Crippen molar-refractivity contribution in [3.8, 4) is 0 Å². The predicted octanol–water partition coefficient (Wildman–Crippen LogP) is -17.9. The number of carbonyl (C=O) groups excluding carboxylic acids is 5. The molecule has 50 heteroatoms. The summed E-state index contributed by atoms with van der Waals surface area (Å²) in [6.45, 7) is -4.23. The van der Waals surface area contributed by atoms with Crippen molar-refractivity contribution < 1.29 is 214 Å². The molecule has 0 bridgehead atoms. The molecule has 40 atom stereocenters. The van der Waals surface area contributed by atoms with Gasteiger partial charge in [0, 0.05) is 34.6 Å². The van der Waals surface area contributed by atoms with E-state index < -0.39 is 338 Å². The number of carbonyl (C=O) groups is 5. The zero-order valence-corrected chi connectivity index (χ0v) is 58.8.